The third-order valence-electron chi connectivity index (χ3n) is 6.47. The van der Waals surface area contributed by atoms with Gasteiger partial charge >= 0.3 is 21.3 Å². The van der Waals surface area contributed by atoms with Crippen molar-refractivity contribution in [1.82, 2.24) is 29.1 Å². The average Bonchev–Trinajstić information content (AvgIpc) is 3.60. The van der Waals surface area contributed by atoms with Crippen LogP contribution in [0.15, 0.2) is 26.6 Å². The average molecular weight is 715 g/mol. The highest BCUT2D eigenvalue weighted by Gasteiger charge is 2.44. The molecule has 0 aromatic carbocycles. The van der Waals surface area contributed by atoms with E-state index in [1.54, 1.807) is 0 Å². The van der Waals surface area contributed by atoms with Gasteiger partial charge in [0.2, 0.25) is 5.95 Å². The Hall–Kier alpha value is -2.59. The minimum Gasteiger partial charge on any atom is -0.390 e. The van der Waals surface area contributed by atoms with E-state index in [1.807, 2.05) is 0 Å². The number of halogens is 1. The Balaban J connectivity index is 1.28. The second-order valence-electron chi connectivity index (χ2n) is 9.43. The van der Waals surface area contributed by atoms with Gasteiger partial charge in [-0.25, -0.2) is 18.9 Å². The largest absolute Gasteiger partial charge is 0.472 e. The molecule has 43 heavy (non-hydrogen) atoms. The Labute approximate surface area is 247 Å². The van der Waals surface area contributed by atoms with Crippen molar-refractivity contribution in [3.63, 3.8) is 0 Å². The fourth-order valence-corrected chi connectivity index (χ4v) is 6.17. The molecule has 2 fully saturated rings. The first-order valence-corrected chi connectivity index (χ1v) is 16.0. The lowest BCUT2D eigenvalue weighted by atomic mass is 10.2. The smallest absolute Gasteiger partial charge is 0.390 e. The number of imidazole rings is 1. The van der Waals surface area contributed by atoms with Crippen molar-refractivity contribution in [2.24, 2.45) is 0 Å². The number of nitrogens with zero attached hydrogens (tertiary/aromatic N) is 5. The summed E-state index contributed by atoms with van der Waals surface area (Å²) in [4.78, 5) is 66.6. The van der Waals surface area contributed by atoms with E-state index >= 15 is 0 Å². The maximum Gasteiger partial charge on any atom is 0.472 e. The first-order valence-electron chi connectivity index (χ1n) is 12.2. The summed E-state index contributed by atoms with van der Waals surface area (Å²) < 4.78 is 53.0. The predicted molar refractivity (Wildman–Crippen MR) is 145 cm³/mol. The summed E-state index contributed by atoms with van der Waals surface area (Å²) in [5, 5.41) is 10.4. The summed E-state index contributed by atoms with van der Waals surface area (Å²) in [6.07, 6.45) is -4.87. The van der Waals surface area contributed by atoms with Crippen LogP contribution in [-0.4, -0.2) is 86.5 Å². The SMILES string of the molecule is Nc1nc(N)c2ncn([C@H]3C[C@H](OP(=O)(O)OC[C@H]4O[C@@H](n5cc(Br)c(=O)[nH]c5=O)C[C@@H]4O)[C@@H](COP(=O)(O)O)O3)c2n1. The maximum atomic E-state index is 12.9. The Morgan fingerprint density at radius 3 is 2.44 bits per heavy atom. The third kappa shape index (κ3) is 7.22. The molecule has 24 heteroatoms. The summed E-state index contributed by atoms with van der Waals surface area (Å²) in [6.45, 7) is -1.40. The predicted octanol–water partition coefficient (Wildman–Crippen LogP) is -1.15. The summed E-state index contributed by atoms with van der Waals surface area (Å²) in [7, 11) is -9.90. The number of anilines is 2. The minimum absolute atomic E-state index is 0.0155. The van der Waals surface area contributed by atoms with Crippen LogP contribution >= 0.6 is 31.6 Å². The monoisotopic (exact) mass is 714 g/mol. The van der Waals surface area contributed by atoms with Gasteiger partial charge < -0.3 is 40.7 Å². The second-order valence-corrected chi connectivity index (χ2v) is 12.9. The van der Waals surface area contributed by atoms with Crippen molar-refractivity contribution < 1.29 is 52.0 Å². The van der Waals surface area contributed by atoms with Gasteiger partial charge in [-0.15, -0.1) is 0 Å². The number of aromatic nitrogens is 6. The quantitative estimate of drug-likeness (QED) is 0.122. The molecule has 236 valence electrons. The summed E-state index contributed by atoms with van der Waals surface area (Å²) >= 11 is 3.00. The number of phosphoric ester groups is 2. The molecule has 2 saturated heterocycles. The molecule has 0 amide bonds. The van der Waals surface area contributed by atoms with Crippen molar-refractivity contribution in [3.8, 4) is 0 Å². The summed E-state index contributed by atoms with van der Waals surface area (Å²) in [6, 6.07) is 0. The Morgan fingerprint density at radius 2 is 1.72 bits per heavy atom. The molecule has 2 aliphatic heterocycles. The standard InChI is InChI=1S/C19H25BrN8O13P2/c20-7-3-27(19(31)26-17(7)30)12-1-8(29)10(39-12)4-38-43(35,36)41-9-2-13(40-11(9)5-37-42(32,33)34)28-6-23-14-15(21)24-18(22)25-16(14)28/h3,6,8-13,29H,1-2,4-5H2,(H,35,36)(H,26,30,31)(H2,32,33,34)(H4,21,22,24,25)/t8-,9-,10+,11+,12+,13+/m0/s1. The number of hydrogen-bond acceptors (Lipinski definition) is 15. The van der Waals surface area contributed by atoms with Crippen molar-refractivity contribution in [2.45, 2.75) is 49.7 Å². The molecule has 5 heterocycles. The maximum absolute atomic E-state index is 12.9. The van der Waals surface area contributed by atoms with Crippen LogP contribution in [0, 0.1) is 0 Å². The van der Waals surface area contributed by atoms with Crippen LogP contribution in [0.4, 0.5) is 11.8 Å². The number of rotatable bonds is 10. The topological polar surface area (TPSA) is 312 Å². The lowest BCUT2D eigenvalue weighted by Crippen LogP contribution is -2.32. The Morgan fingerprint density at radius 1 is 1.05 bits per heavy atom. The van der Waals surface area contributed by atoms with E-state index in [0.29, 0.717) is 0 Å². The third-order valence-corrected chi connectivity index (χ3v) is 8.54. The molecule has 0 radical (unpaired) electrons. The van der Waals surface area contributed by atoms with Crippen LogP contribution in [0.5, 0.6) is 0 Å². The number of aliphatic hydroxyl groups is 1. The van der Waals surface area contributed by atoms with Crippen molar-refractivity contribution in [2.75, 3.05) is 24.7 Å². The van der Waals surface area contributed by atoms with Crippen molar-refractivity contribution in [1.29, 1.82) is 0 Å². The molecule has 9 N–H and O–H groups in total. The minimum atomic E-state index is -4.97. The number of aliphatic hydroxyl groups excluding tert-OH is 1. The van der Waals surface area contributed by atoms with Crippen LogP contribution in [0.25, 0.3) is 11.2 Å². The molecule has 1 unspecified atom stereocenters. The zero-order valence-electron chi connectivity index (χ0n) is 21.6. The molecule has 5 rings (SSSR count). The van der Waals surface area contributed by atoms with E-state index in [1.165, 1.54) is 17.1 Å². The molecular weight excluding hydrogens is 690 g/mol. The van der Waals surface area contributed by atoms with Gasteiger partial charge in [0, 0.05) is 19.0 Å². The molecular formula is C19H25BrN8O13P2. The van der Waals surface area contributed by atoms with Gasteiger partial charge in [-0.05, 0) is 15.9 Å². The van der Waals surface area contributed by atoms with Gasteiger partial charge in [-0.1, -0.05) is 0 Å². The normalized spacial score (nSPS) is 27.6. The lowest BCUT2D eigenvalue weighted by molar-refractivity contribution is -0.0562. The van der Waals surface area contributed by atoms with Crippen LogP contribution in [0.2, 0.25) is 0 Å². The van der Waals surface area contributed by atoms with E-state index in [4.69, 9.17) is 39.8 Å². The van der Waals surface area contributed by atoms with Gasteiger partial charge in [0.15, 0.2) is 11.5 Å². The van der Waals surface area contributed by atoms with E-state index in [-0.39, 0.29) is 40.2 Å². The van der Waals surface area contributed by atoms with Gasteiger partial charge in [-0.2, -0.15) is 9.97 Å². The molecule has 2 aliphatic rings. The lowest BCUT2D eigenvalue weighted by Gasteiger charge is -2.22. The van der Waals surface area contributed by atoms with Crippen LogP contribution in [0.1, 0.15) is 25.3 Å². The fraction of sp³-hybridized carbons (Fsp3) is 0.526. The number of ether oxygens (including phenoxy) is 2. The molecule has 21 nitrogen and oxygen atoms in total. The first-order chi connectivity index (χ1) is 20.1. The van der Waals surface area contributed by atoms with E-state index in [0.717, 1.165) is 4.57 Å². The number of aromatic amines is 1. The molecule has 0 saturated carbocycles. The zero-order chi connectivity index (χ0) is 31.3. The Kier molecular flexibility index (Phi) is 8.93. The second kappa shape index (κ2) is 12.1. The number of hydrogen-bond donors (Lipinski definition) is 7. The fourth-order valence-electron chi connectivity index (χ4n) is 4.55. The van der Waals surface area contributed by atoms with Crippen molar-refractivity contribution >= 4 is 54.5 Å². The number of H-pyrrole nitrogens is 1. The molecule has 0 aliphatic carbocycles. The van der Waals surface area contributed by atoms with Gasteiger partial charge in [0.25, 0.3) is 5.56 Å². The summed E-state index contributed by atoms with van der Waals surface area (Å²) in [5.41, 5.74) is 10.4. The summed E-state index contributed by atoms with van der Waals surface area (Å²) in [5.74, 6) is -0.179. The molecule has 0 bridgehead atoms. The van der Waals surface area contributed by atoms with Crippen LogP contribution in [-0.2, 0) is 32.2 Å². The zero-order valence-corrected chi connectivity index (χ0v) is 24.9. The molecule has 7 atom stereocenters. The van der Waals surface area contributed by atoms with Gasteiger partial charge in [-0.3, -0.25) is 32.5 Å². The highest BCUT2D eigenvalue weighted by molar-refractivity contribution is 9.10. The van der Waals surface area contributed by atoms with Crippen molar-refractivity contribution in [3.05, 3.63) is 37.8 Å². The molecule has 3 aromatic heterocycles. The Bertz CT molecular complexity index is 1730. The van der Waals surface area contributed by atoms with Gasteiger partial charge in [0.05, 0.1) is 30.1 Å². The van der Waals surface area contributed by atoms with Gasteiger partial charge in [0.1, 0.15) is 36.3 Å². The number of phosphoric acid groups is 2. The van der Waals surface area contributed by atoms with Crippen LogP contribution < -0.4 is 22.7 Å². The highest BCUT2D eigenvalue weighted by Crippen LogP contribution is 2.50. The number of nitrogens with two attached hydrogens (primary N) is 2. The molecule has 3 aromatic rings. The number of nitrogens with one attached hydrogen (secondary N) is 1. The highest BCUT2D eigenvalue weighted by atomic mass is 79.9. The van der Waals surface area contributed by atoms with Crippen LogP contribution in [0.3, 0.4) is 0 Å². The van der Waals surface area contributed by atoms with E-state index in [2.05, 4.69) is 40.4 Å². The van der Waals surface area contributed by atoms with E-state index in [9.17, 15) is 28.7 Å². The first kappa shape index (κ1) is 31.8. The van der Waals surface area contributed by atoms with E-state index < -0.39 is 77.0 Å². The number of nitrogen functional groups attached to an aromatic ring is 2. The number of fused-ring (bicyclic) bond motifs is 1. The molecule has 0 spiro atoms.